The van der Waals surface area contributed by atoms with E-state index in [-0.39, 0.29) is 40.8 Å². The standard InChI is InChI=1S/3C7H7.2Pd/c3*1-7-5-3-2-4-6-7;;/h3*2-5H,1H3;;/q3*-1;;. The Kier molecular flexibility index (Phi) is 16.7. The summed E-state index contributed by atoms with van der Waals surface area (Å²) in [6, 6.07) is 32.8. The molecule has 0 aromatic heterocycles. The number of hydrogen-bond donors (Lipinski definition) is 0. The number of hydrogen-bond acceptors (Lipinski definition) is 0. The van der Waals surface area contributed by atoms with Gasteiger partial charge in [0.25, 0.3) is 0 Å². The molecule has 0 unspecified atom stereocenters. The molecule has 0 fully saturated rings. The van der Waals surface area contributed by atoms with Crippen molar-refractivity contribution in [3.05, 3.63) is 108 Å². The first-order valence-corrected chi connectivity index (χ1v) is 6.98. The molecule has 0 spiro atoms. The zero-order chi connectivity index (χ0) is 15.3. The molecule has 0 atom stereocenters. The van der Waals surface area contributed by atoms with Crippen LogP contribution in [-0.2, 0) is 40.8 Å². The monoisotopic (exact) mass is 485 g/mol. The van der Waals surface area contributed by atoms with Crippen LogP contribution < -0.4 is 0 Å². The second-order valence-corrected chi connectivity index (χ2v) is 4.64. The molecule has 0 radical (unpaired) electrons. The van der Waals surface area contributed by atoms with Crippen molar-refractivity contribution in [1.29, 1.82) is 0 Å². The van der Waals surface area contributed by atoms with Gasteiger partial charge in [-0.25, -0.2) is 0 Å². The molecule has 0 N–H and O–H groups in total. The van der Waals surface area contributed by atoms with Crippen LogP contribution in [0.2, 0.25) is 0 Å². The van der Waals surface area contributed by atoms with Crippen LogP contribution in [-0.4, -0.2) is 0 Å². The summed E-state index contributed by atoms with van der Waals surface area (Å²) in [4.78, 5) is 0. The molecule has 128 valence electrons. The van der Waals surface area contributed by atoms with E-state index in [0.29, 0.717) is 0 Å². The quantitative estimate of drug-likeness (QED) is 0.296. The van der Waals surface area contributed by atoms with E-state index in [1.165, 1.54) is 16.7 Å². The normalized spacial score (nSPS) is 7.96. The Hall–Kier alpha value is -1.02. The molecule has 0 aliphatic carbocycles. The average Bonchev–Trinajstić information content (AvgIpc) is 2.51. The molecule has 0 nitrogen and oxygen atoms in total. The summed E-state index contributed by atoms with van der Waals surface area (Å²) >= 11 is 0. The molecule has 0 aliphatic heterocycles. The van der Waals surface area contributed by atoms with Crippen LogP contribution in [0.15, 0.2) is 72.8 Å². The van der Waals surface area contributed by atoms with Crippen LogP contribution in [0.25, 0.3) is 0 Å². The molecule has 0 amide bonds. The third kappa shape index (κ3) is 14.3. The topological polar surface area (TPSA) is 0 Å². The summed E-state index contributed by atoms with van der Waals surface area (Å²) in [5.74, 6) is 0. The van der Waals surface area contributed by atoms with E-state index in [2.05, 4.69) is 18.2 Å². The van der Waals surface area contributed by atoms with Crippen molar-refractivity contribution in [2.24, 2.45) is 0 Å². The zero-order valence-electron chi connectivity index (χ0n) is 13.6. The van der Waals surface area contributed by atoms with Crippen LogP contribution in [0, 0.1) is 39.0 Å². The maximum absolute atomic E-state index is 3.03. The van der Waals surface area contributed by atoms with E-state index in [0.717, 1.165) is 0 Å². The summed E-state index contributed by atoms with van der Waals surface area (Å²) in [5, 5.41) is 0. The number of benzene rings is 3. The maximum atomic E-state index is 3.03. The van der Waals surface area contributed by atoms with Crippen molar-refractivity contribution < 1.29 is 40.8 Å². The van der Waals surface area contributed by atoms with Crippen LogP contribution in [0.1, 0.15) is 16.7 Å². The summed E-state index contributed by atoms with van der Waals surface area (Å²) in [5.41, 5.74) is 3.59. The van der Waals surface area contributed by atoms with Crippen molar-refractivity contribution in [2.45, 2.75) is 20.8 Å². The second kappa shape index (κ2) is 15.9. The van der Waals surface area contributed by atoms with Gasteiger partial charge < -0.3 is 0 Å². The Balaban J connectivity index is 0. The van der Waals surface area contributed by atoms with Gasteiger partial charge in [-0.05, 0) is 0 Å². The smallest absolute Gasteiger partial charge is 0 e. The van der Waals surface area contributed by atoms with Gasteiger partial charge in [-0.2, -0.15) is 108 Å². The number of rotatable bonds is 0. The molecule has 3 aromatic rings. The summed E-state index contributed by atoms with van der Waals surface area (Å²) in [7, 11) is 0. The molecule has 23 heavy (non-hydrogen) atoms. The van der Waals surface area contributed by atoms with E-state index >= 15 is 0 Å². The molecule has 3 rings (SSSR count). The van der Waals surface area contributed by atoms with Crippen LogP contribution in [0.4, 0.5) is 0 Å². The van der Waals surface area contributed by atoms with E-state index < -0.39 is 0 Å². The Morgan fingerprint density at radius 3 is 0.826 bits per heavy atom. The fraction of sp³-hybridized carbons (Fsp3) is 0.143. The molecule has 0 heterocycles. The molecule has 0 aliphatic rings. The van der Waals surface area contributed by atoms with Crippen LogP contribution >= 0.6 is 0 Å². The van der Waals surface area contributed by atoms with Gasteiger partial charge in [0, 0.05) is 40.8 Å². The predicted octanol–water partition coefficient (Wildman–Crippen LogP) is 5.38. The first-order chi connectivity index (χ1) is 10.2. The van der Waals surface area contributed by atoms with E-state index in [1.807, 2.05) is 93.6 Å². The average molecular weight is 486 g/mol. The van der Waals surface area contributed by atoms with Gasteiger partial charge in [0.1, 0.15) is 0 Å². The predicted molar refractivity (Wildman–Crippen MR) is 90.0 cm³/mol. The van der Waals surface area contributed by atoms with E-state index in [4.69, 9.17) is 0 Å². The van der Waals surface area contributed by atoms with E-state index in [9.17, 15) is 0 Å². The van der Waals surface area contributed by atoms with Gasteiger partial charge in [0.05, 0.1) is 0 Å². The molecular weight excluding hydrogens is 465 g/mol. The number of aryl methyl sites for hydroxylation is 3. The van der Waals surface area contributed by atoms with Gasteiger partial charge in [-0.1, -0.05) is 20.8 Å². The molecule has 2 heteroatoms. The minimum Gasteiger partial charge on any atom is -0.181 e. The summed E-state index contributed by atoms with van der Waals surface area (Å²) < 4.78 is 0. The molecule has 3 aromatic carbocycles. The van der Waals surface area contributed by atoms with Crippen molar-refractivity contribution >= 4 is 0 Å². The third-order valence-corrected chi connectivity index (χ3v) is 2.59. The van der Waals surface area contributed by atoms with E-state index in [1.54, 1.807) is 0 Å². The zero-order valence-corrected chi connectivity index (χ0v) is 16.7. The Bertz CT molecular complexity index is 489. The van der Waals surface area contributed by atoms with Crippen LogP contribution in [0.5, 0.6) is 0 Å². The fourth-order valence-electron chi connectivity index (χ4n) is 1.45. The Morgan fingerprint density at radius 1 is 0.478 bits per heavy atom. The first-order valence-electron chi connectivity index (χ1n) is 6.98. The van der Waals surface area contributed by atoms with Crippen molar-refractivity contribution in [2.75, 3.05) is 0 Å². The van der Waals surface area contributed by atoms with Crippen molar-refractivity contribution in [3.8, 4) is 0 Å². The first kappa shape index (κ1) is 24.2. The minimum absolute atomic E-state index is 0. The van der Waals surface area contributed by atoms with Gasteiger partial charge in [0.15, 0.2) is 0 Å². The van der Waals surface area contributed by atoms with Crippen molar-refractivity contribution in [3.63, 3.8) is 0 Å². The van der Waals surface area contributed by atoms with Gasteiger partial charge in [-0.3, -0.25) is 0 Å². The summed E-state index contributed by atoms with van der Waals surface area (Å²) in [6.45, 7) is 6.08. The molecule has 0 saturated carbocycles. The Morgan fingerprint density at radius 2 is 0.739 bits per heavy atom. The Labute approximate surface area is 168 Å². The largest absolute Gasteiger partial charge is 0.181 e. The SMILES string of the molecule is Cc1[c-]cccc1.Cc1[c-]cccc1.Cc1[c-]cccc1.[Pd].[Pd]. The third-order valence-electron chi connectivity index (χ3n) is 2.59. The van der Waals surface area contributed by atoms with Crippen molar-refractivity contribution in [1.82, 2.24) is 0 Å². The van der Waals surface area contributed by atoms with Gasteiger partial charge >= 0.3 is 0 Å². The molecular formula is C21H21Pd2-3. The minimum atomic E-state index is 0. The fourth-order valence-corrected chi connectivity index (χ4v) is 1.45. The second-order valence-electron chi connectivity index (χ2n) is 4.64. The maximum Gasteiger partial charge on any atom is 0 e. The van der Waals surface area contributed by atoms with Crippen LogP contribution in [0.3, 0.4) is 0 Å². The van der Waals surface area contributed by atoms with Gasteiger partial charge in [0.2, 0.25) is 0 Å². The summed E-state index contributed by atoms with van der Waals surface area (Å²) in [6.07, 6.45) is 0. The van der Waals surface area contributed by atoms with Gasteiger partial charge in [-0.15, -0.1) is 0 Å². The molecule has 0 bridgehead atoms. The molecule has 0 saturated heterocycles.